The molecule has 0 aromatic heterocycles. The molecule has 0 radical (unpaired) electrons. The normalized spacial score (nSPS) is 10.0. The Hall–Kier alpha value is -1.26. The number of carbonyl (C=O) groups excluding carboxylic acids is 2. The van der Waals surface area contributed by atoms with Crippen LogP contribution in [0.4, 0.5) is 11.4 Å². The first-order valence-electron chi connectivity index (χ1n) is 5.30. The molecule has 0 aliphatic carbocycles. The van der Waals surface area contributed by atoms with E-state index in [0.29, 0.717) is 11.4 Å². The molecular weight excluding hydrogens is 275 g/mol. The molecule has 0 saturated carbocycles. The fraction of sp³-hybridized carbons (Fsp3) is 0.333. The van der Waals surface area contributed by atoms with Crippen LogP contribution in [0.3, 0.4) is 0 Å². The molecule has 4 nitrogen and oxygen atoms in total. The minimum Gasteiger partial charge on any atom is -0.323 e. The van der Waals surface area contributed by atoms with Crippen LogP contribution < -0.4 is 10.6 Å². The summed E-state index contributed by atoms with van der Waals surface area (Å²) in [6.07, 6.45) is 0. The molecule has 0 atom stereocenters. The zero-order valence-corrected chi connectivity index (χ0v) is 11.7. The molecule has 18 heavy (non-hydrogen) atoms. The lowest BCUT2D eigenvalue weighted by Crippen LogP contribution is -2.18. The van der Waals surface area contributed by atoms with Crippen LogP contribution in [0.25, 0.3) is 0 Å². The Bertz CT molecular complexity index is 432. The second-order valence-corrected chi connectivity index (χ2v) is 4.38. The van der Waals surface area contributed by atoms with Crippen LogP contribution in [0.1, 0.15) is 11.1 Å². The van der Waals surface area contributed by atoms with E-state index in [1.807, 2.05) is 13.8 Å². The van der Waals surface area contributed by atoms with Crippen LogP contribution in [0.2, 0.25) is 0 Å². The van der Waals surface area contributed by atoms with Gasteiger partial charge in [0.2, 0.25) is 11.8 Å². The average molecular weight is 289 g/mol. The minimum atomic E-state index is -0.332. The van der Waals surface area contributed by atoms with Gasteiger partial charge in [0, 0.05) is 0 Å². The van der Waals surface area contributed by atoms with E-state index in [2.05, 4.69) is 10.6 Å². The largest absolute Gasteiger partial charge is 0.323 e. The number of nitrogens with one attached hydrogen (secondary N) is 2. The lowest BCUT2D eigenvalue weighted by molar-refractivity contribution is -0.114. The van der Waals surface area contributed by atoms with Gasteiger partial charge < -0.3 is 10.6 Å². The molecule has 1 aromatic carbocycles. The predicted octanol–water partition coefficient (Wildman–Crippen LogP) is 2.66. The van der Waals surface area contributed by atoms with Crippen LogP contribution in [0.15, 0.2) is 12.1 Å². The van der Waals surface area contributed by atoms with E-state index in [9.17, 15) is 9.59 Å². The standard InChI is InChI=1S/C12H14Cl2N2O2/c1-7-3-9(15-11(17)5-13)10(4-8(7)2)16-12(18)6-14/h3-4H,5-6H2,1-2H3,(H,15,17)(H,16,18). The Kier molecular flexibility index (Phi) is 5.44. The number of halogens is 2. The maximum absolute atomic E-state index is 11.3. The third-order valence-electron chi connectivity index (χ3n) is 2.42. The molecule has 0 bridgehead atoms. The van der Waals surface area contributed by atoms with E-state index in [4.69, 9.17) is 23.2 Å². The van der Waals surface area contributed by atoms with Crippen LogP contribution >= 0.6 is 23.2 Å². The second kappa shape index (κ2) is 6.61. The molecule has 0 fully saturated rings. The first-order valence-corrected chi connectivity index (χ1v) is 6.37. The van der Waals surface area contributed by atoms with Crippen molar-refractivity contribution < 1.29 is 9.59 Å². The molecule has 0 aliphatic rings. The summed E-state index contributed by atoms with van der Waals surface area (Å²) < 4.78 is 0. The van der Waals surface area contributed by atoms with Gasteiger partial charge in [-0.05, 0) is 37.1 Å². The monoisotopic (exact) mass is 288 g/mol. The number of aryl methyl sites for hydroxylation is 2. The van der Waals surface area contributed by atoms with Gasteiger partial charge in [-0.25, -0.2) is 0 Å². The molecule has 98 valence electrons. The zero-order valence-electron chi connectivity index (χ0n) is 10.1. The summed E-state index contributed by atoms with van der Waals surface area (Å²) in [4.78, 5) is 22.6. The van der Waals surface area contributed by atoms with E-state index in [0.717, 1.165) is 11.1 Å². The second-order valence-electron chi connectivity index (χ2n) is 3.85. The molecule has 0 unspecified atom stereocenters. The highest BCUT2D eigenvalue weighted by atomic mass is 35.5. The number of benzene rings is 1. The van der Waals surface area contributed by atoms with Crippen molar-refractivity contribution in [1.29, 1.82) is 0 Å². The van der Waals surface area contributed by atoms with Gasteiger partial charge in [0.05, 0.1) is 11.4 Å². The highest BCUT2D eigenvalue weighted by Crippen LogP contribution is 2.26. The summed E-state index contributed by atoms with van der Waals surface area (Å²) in [7, 11) is 0. The van der Waals surface area contributed by atoms with Crippen molar-refractivity contribution >= 4 is 46.4 Å². The summed E-state index contributed by atoms with van der Waals surface area (Å²) in [6.45, 7) is 3.83. The Labute approximate surface area is 116 Å². The summed E-state index contributed by atoms with van der Waals surface area (Å²) >= 11 is 10.9. The van der Waals surface area contributed by atoms with Gasteiger partial charge in [0.25, 0.3) is 0 Å². The number of rotatable bonds is 4. The number of amides is 2. The van der Waals surface area contributed by atoms with Crippen LogP contribution in [-0.4, -0.2) is 23.6 Å². The topological polar surface area (TPSA) is 58.2 Å². The predicted molar refractivity (Wildman–Crippen MR) is 74.6 cm³/mol. The summed E-state index contributed by atoms with van der Waals surface area (Å²) in [5, 5.41) is 5.26. The smallest absolute Gasteiger partial charge is 0.239 e. The lowest BCUT2D eigenvalue weighted by atomic mass is 10.1. The average Bonchev–Trinajstić information content (AvgIpc) is 2.34. The number of hydrogen-bond acceptors (Lipinski definition) is 2. The molecule has 1 aromatic rings. The van der Waals surface area contributed by atoms with E-state index in [1.54, 1.807) is 12.1 Å². The third-order valence-corrected chi connectivity index (χ3v) is 2.91. The summed E-state index contributed by atoms with van der Waals surface area (Å²) in [5.74, 6) is -0.950. The molecule has 0 saturated heterocycles. The van der Waals surface area contributed by atoms with Gasteiger partial charge in [-0.15, -0.1) is 23.2 Å². The zero-order chi connectivity index (χ0) is 13.7. The molecule has 0 spiro atoms. The van der Waals surface area contributed by atoms with Crippen LogP contribution in [0, 0.1) is 13.8 Å². The van der Waals surface area contributed by atoms with E-state index >= 15 is 0 Å². The van der Waals surface area contributed by atoms with Crippen LogP contribution in [-0.2, 0) is 9.59 Å². The molecule has 1 rings (SSSR count). The molecular formula is C12H14Cl2N2O2. The maximum Gasteiger partial charge on any atom is 0.239 e. The minimum absolute atomic E-state index is 0.143. The SMILES string of the molecule is Cc1cc(NC(=O)CCl)c(NC(=O)CCl)cc1C. The van der Waals surface area contributed by atoms with Gasteiger partial charge in [-0.2, -0.15) is 0 Å². The van der Waals surface area contributed by atoms with Crippen molar-refractivity contribution in [1.82, 2.24) is 0 Å². The summed E-state index contributed by atoms with van der Waals surface area (Å²) in [5.41, 5.74) is 3.04. The first kappa shape index (κ1) is 14.8. The van der Waals surface area contributed by atoms with Crippen LogP contribution in [0.5, 0.6) is 0 Å². The van der Waals surface area contributed by atoms with Crippen molar-refractivity contribution in [2.45, 2.75) is 13.8 Å². The van der Waals surface area contributed by atoms with E-state index in [-0.39, 0.29) is 23.6 Å². The third kappa shape index (κ3) is 3.89. The molecule has 6 heteroatoms. The molecule has 2 N–H and O–H groups in total. The number of anilines is 2. The van der Waals surface area contributed by atoms with Gasteiger partial charge in [-0.3, -0.25) is 9.59 Å². The van der Waals surface area contributed by atoms with Gasteiger partial charge in [0.1, 0.15) is 11.8 Å². The quantitative estimate of drug-likeness (QED) is 0.837. The fourth-order valence-electron chi connectivity index (χ4n) is 1.39. The van der Waals surface area contributed by atoms with E-state index < -0.39 is 0 Å². The Morgan fingerprint density at radius 2 is 1.28 bits per heavy atom. The van der Waals surface area contributed by atoms with Gasteiger partial charge in [0.15, 0.2) is 0 Å². The summed E-state index contributed by atoms with van der Waals surface area (Å²) in [6, 6.07) is 3.56. The van der Waals surface area contributed by atoms with Gasteiger partial charge in [-0.1, -0.05) is 0 Å². The highest BCUT2D eigenvalue weighted by molar-refractivity contribution is 6.30. The number of hydrogen-bond donors (Lipinski definition) is 2. The van der Waals surface area contributed by atoms with Crippen molar-refractivity contribution in [3.05, 3.63) is 23.3 Å². The fourth-order valence-corrected chi connectivity index (χ4v) is 1.52. The highest BCUT2D eigenvalue weighted by Gasteiger charge is 2.10. The van der Waals surface area contributed by atoms with Crippen molar-refractivity contribution in [3.63, 3.8) is 0 Å². The maximum atomic E-state index is 11.3. The number of alkyl halides is 2. The van der Waals surface area contributed by atoms with Gasteiger partial charge >= 0.3 is 0 Å². The van der Waals surface area contributed by atoms with E-state index in [1.165, 1.54) is 0 Å². The first-order chi connectivity index (χ1) is 8.47. The van der Waals surface area contributed by atoms with Crippen molar-refractivity contribution in [3.8, 4) is 0 Å². The van der Waals surface area contributed by atoms with Crippen molar-refractivity contribution in [2.75, 3.05) is 22.4 Å². The lowest BCUT2D eigenvalue weighted by Gasteiger charge is -2.14. The molecule has 0 heterocycles. The Balaban J connectivity index is 3.08. The Morgan fingerprint density at radius 1 is 0.944 bits per heavy atom. The number of carbonyl (C=O) groups is 2. The molecule has 2 amide bonds. The molecule has 0 aliphatic heterocycles. The Morgan fingerprint density at radius 3 is 1.56 bits per heavy atom. The van der Waals surface area contributed by atoms with Crippen molar-refractivity contribution in [2.24, 2.45) is 0 Å².